The van der Waals surface area contributed by atoms with E-state index < -0.39 is 83.4 Å². The summed E-state index contributed by atoms with van der Waals surface area (Å²) in [5.41, 5.74) is 0.692. The van der Waals surface area contributed by atoms with Gasteiger partial charge in [0, 0.05) is 35.4 Å². The van der Waals surface area contributed by atoms with Gasteiger partial charge in [0.15, 0.2) is 0 Å². The Balaban J connectivity index is 0.925. The molecule has 6 aromatic carbocycles. The summed E-state index contributed by atoms with van der Waals surface area (Å²) in [6, 6.07) is 35.1. The first-order chi connectivity index (χ1) is 57.4. The molecule has 8 rings (SSSR count). The summed E-state index contributed by atoms with van der Waals surface area (Å²) in [6.45, 7) is 16.7. The predicted octanol–water partition coefficient (Wildman–Crippen LogP) is 16.9. The van der Waals surface area contributed by atoms with E-state index in [0.717, 1.165) is 114 Å². The molecule has 0 amide bonds. The second-order valence-corrected chi connectivity index (χ2v) is 28.0. The standard InChI is InChI=1S/C92H104N2O24/c1-5-83(95)109-57-21-13-9-17-53-105-73-37-33-69(34-38-73)90(102)116-80-50-52-82(118-92(104)70-35-39-74(40-36-70)106-54-18-10-14-22-58-110-84(96)6-2)72(62-80)64-94-93-63-71-61-79(115-89(101)67-27-25-65(26-28-67)87(99)113-77-45-41-75(42-46-77)107-55-19-11-15-23-59-111-85(97)7-3)49-51-81(71)117-91(103)68-31-29-66(30-32-68)88(100)114-78-47-43-76(44-48-78)108-56-20-12-16-24-60-112-86(98)8-4/h5-8,33-52,61-68H,1-4,9-32,53-60H2/b93-63+,94-64+. The van der Waals surface area contributed by atoms with Crippen molar-refractivity contribution < 1.29 is 114 Å². The summed E-state index contributed by atoms with van der Waals surface area (Å²) in [5, 5.41) is 8.65. The summed E-state index contributed by atoms with van der Waals surface area (Å²) in [6.07, 6.45) is 22.7. The van der Waals surface area contributed by atoms with Crippen molar-refractivity contribution in [3.63, 3.8) is 0 Å². The zero-order valence-corrected chi connectivity index (χ0v) is 66.6. The Morgan fingerprint density at radius 1 is 0.271 bits per heavy atom. The molecule has 118 heavy (non-hydrogen) atoms. The van der Waals surface area contributed by atoms with Crippen LogP contribution in [0.1, 0.15) is 186 Å². The minimum Gasteiger partial charge on any atom is -0.494 e. The second kappa shape index (κ2) is 51.5. The molecule has 26 nitrogen and oxygen atoms in total. The number of carbonyl (C=O) groups is 10. The van der Waals surface area contributed by atoms with E-state index in [0.29, 0.717) is 152 Å². The molecular formula is C92H104N2O24. The highest BCUT2D eigenvalue weighted by atomic mass is 16.6. The van der Waals surface area contributed by atoms with Gasteiger partial charge in [-0.2, -0.15) is 10.2 Å². The smallest absolute Gasteiger partial charge is 0.343 e. The molecule has 0 radical (unpaired) electrons. The number of rotatable bonds is 51. The van der Waals surface area contributed by atoms with Crippen LogP contribution in [-0.2, 0) is 57.3 Å². The number of carbonyl (C=O) groups excluding carboxylic acids is 10. The molecule has 26 heteroatoms. The lowest BCUT2D eigenvalue weighted by Crippen LogP contribution is -2.30. The number of hydrogen-bond donors (Lipinski definition) is 0. The first-order valence-electron chi connectivity index (χ1n) is 40.2. The van der Waals surface area contributed by atoms with Crippen molar-refractivity contribution in [3.05, 3.63) is 206 Å². The topological polar surface area (TPSA) is 325 Å². The van der Waals surface area contributed by atoms with E-state index >= 15 is 0 Å². The van der Waals surface area contributed by atoms with Crippen LogP contribution < -0.4 is 47.4 Å². The van der Waals surface area contributed by atoms with Gasteiger partial charge in [0.1, 0.15) is 57.5 Å². The number of esters is 10. The monoisotopic (exact) mass is 1620 g/mol. The van der Waals surface area contributed by atoms with Gasteiger partial charge < -0.3 is 66.3 Å². The average molecular weight is 1620 g/mol. The summed E-state index contributed by atoms with van der Waals surface area (Å²) >= 11 is 0. The van der Waals surface area contributed by atoms with Crippen LogP contribution in [0.25, 0.3) is 0 Å². The van der Waals surface area contributed by atoms with Crippen LogP contribution in [0.3, 0.4) is 0 Å². The molecule has 0 atom stereocenters. The molecule has 0 unspecified atom stereocenters. The Morgan fingerprint density at radius 3 is 0.814 bits per heavy atom. The molecule has 0 bridgehead atoms. The maximum atomic E-state index is 14.2. The SMILES string of the molecule is C=CC(=O)OCCCCCCOc1ccc(OC(=O)C2CCC(C(=O)Oc3ccc(OC(=O)C4CCC(C(=O)Oc5ccc(OCCCCCCOC(=O)C=C)cc5)CC4)c(/C=N/N=C/c4cc(OC(=O)c5ccc(OCCCCCCOC(=O)C=C)cc5)ccc4OC(=O)c4ccc(OCCCCCCOC(=O)C=C)cc4)c3)CC2)cc1. The highest BCUT2D eigenvalue weighted by Gasteiger charge is 2.35. The zero-order chi connectivity index (χ0) is 83.9. The maximum absolute atomic E-state index is 14.2. The molecule has 6 aromatic rings. The van der Waals surface area contributed by atoms with Crippen molar-refractivity contribution in [2.75, 3.05) is 52.9 Å². The highest BCUT2D eigenvalue weighted by molar-refractivity contribution is 5.95. The van der Waals surface area contributed by atoms with E-state index in [1.165, 1.54) is 48.8 Å². The molecule has 0 aliphatic heterocycles. The molecule has 0 aromatic heterocycles. The molecule has 0 heterocycles. The Kier molecular flexibility index (Phi) is 39.7. The van der Waals surface area contributed by atoms with Gasteiger partial charge >= 0.3 is 59.7 Å². The summed E-state index contributed by atoms with van der Waals surface area (Å²) < 4.78 is 79.0. The Bertz CT molecular complexity index is 4340. The number of hydrogen-bond acceptors (Lipinski definition) is 26. The van der Waals surface area contributed by atoms with Crippen molar-refractivity contribution in [2.24, 2.45) is 33.9 Å². The predicted molar refractivity (Wildman–Crippen MR) is 438 cm³/mol. The summed E-state index contributed by atoms with van der Waals surface area (Å²) in [7, 11) is 0. The van der Waals surface area contributed by atoms with Crippen molar-refractivity contribution in [1.82, 2.24) is 0 Å². The van der Waals surface area contributed by atoms with Gasteiger partial charge in [0.05, 0.1) is 100 Å². The van der Waals surface area contributed by atoms with Gasteiger partial charge in [-0.1, -0.05) is 26.3 Å². The van der Waals surface area contributed by atoms with Crippen LogP contribution in [0, 0.1) is 23.7 Å². The third-order valence-corrected chi connectivity index (χ3v) is 19.2. The highest BCUT2D eigenvalue weighted by Crippen LogP contribution is 2.36. The van der Waals surface area contributed by atoms with Crippen LogP contribution in [-0.4, -0.2) is 125 Å². The lowest BCUT2D eigenvalue weighted by Gasteiger charge is -2.26. The molecule has 2 aliphatic rings. The molecule has 2 aliphatic carbocycles. The first kappa shape index (κ1) is 91.0. The van der Waals surface area contributed by atoms with Crippen LogP contribution in [0.4, 0.5) is 0 Å². The molecule has 2 saturated carbocycles. The van der Waals surface area contributed by atoms with Crippen molar-refractivity contribution in [3.8, 4) is 57.5 Å². The number of ether oxygens (including phenoxy) is 14. The van der Waals surface area contributed by atoms with E-state index in [9.17, 15) is 47.9 Å². The third kappa shape index (κ3) is 33.4. The number of benzene rings is 6. The van der Waals surface area contributed by atoms with Crippen molar-refractivity contribution in [1.29, 1.82) is 0 Å². The Hall–Kier alpha value is -12.5. The van der Waals surface area contributed by atoms with E-state index in [4.69, 9.17) is 66.3 Å². The zero-order valence-electron chi connectivity index (χ0n) is 66.6. The number of nitrogens with zero attached hydrogens (tertiary/aromatic N) is 2. The molecular weight excluding hydrogens is 1520 g/mol. The minimum absolute atomic E-state index is 0.000328. The van der Waals surface area contributed by atoms with Crippen LogP contribution in [0.2, 0.25) is 0 Å². The molecule has 2 fully saturated rings. The lowest BCUT2D eigenvalue weighted by atomic mass is 9.82. The minimum atomic E-state index is -0.744. The fraction of sp³-hybridized carbons (Fsp3) is 0.391. The van der Waals surface area contributed by atoms with Gasteiger partial charge in [-0.3, -0.25) is 19.2 Å². The lowest BCUT2D eigenvalue weighted by molar-refractivity contribution is -0.145. The first-order valence-corrected chi connectivity index (χ1v) is 40.2. The van der Waals surface area contributed by atoms with E-state index in [-0.39, 0.29) is 45.3 Å². The fourth-order valence-electron chi connectivity index (χ4n) is 12.5. The normalized spacial score (nSPS) is 14.9. The quantitative estimate of drug-likeness (QED) is 0.00651. The largest absolute Gasteiger partial charge is 0.494 e. The van der Waals surface area contributed by atoms with Gasteiger partial charge in [0.2, 0.25) is 0 Å². The number of unbranched alkanes of at least 4 members (excludes halogenated alkanes) is 12. The summed E-state index contributed by atoms with van der Waals surface area (Å²) in [4.78, 5) is 128. The van der Waals surface area contributed by atoms with Crippen molar-refractivity contribution in [2.45, 2.75) is 154 Å². The Morgan fingerprint density at radius 2 is 0.508 bits per heavy atom. The van der Waals surface area contributed by atoms with Gasteiger partial charge in [0.25, 0.3) is 0 Å². The van der Waals surface area contributed by atoms with Crippen molar-refractivity contribution >= 4 is 72.1 Å². The average Bonchev–Trinajstić information content (AvgIpc) is 0.828. The van der Waals surface area contributed by atoms with Crippen LogP contribution in [0.5, 0.6) is 57.5 Å². The third-order valence-electron chi connectivity index (χ3n) is 19.2. The van der Waals surface area contributed by atoms with Gasteiger partial charge in [-0.25, -0.2) is 28.8 Å². The second-order valence-electron chi connectivity index (χ2n) is 28.0. The molecule has 626 valence electrons. The maximum Gasteiger partial charge on any atom is 0.343 e. The molecule has 0 N–H and O–H groups in total. The fourth-order valence-corrected chi connectivity index (χ4v) is 12.5. The van der Waals surface area contributed by atoms with Gasteiger partial charge in [-0.05, 0) is 288 Å². The van der Waals surface area contributed by atoms with E-state index in [1.807, 2.05) is 0 Å². The van der Waals surface area contributed by atoms with Crippen LogP contribution >= 0.6 is 0 Å². The van der Waals surface area contributed by atoms with E-state index in [2.05, 4.69) is 36.5 Å². The Labute approximate surface area is 687 Å². The van der Waals surface area contributed by atoms with Gasteiger partial charge in [-0.15, -0.1) is 0 Å². The molecule has 0 saturated heterocycles. The van der Waals surface area contributed by atoms with E-state index in [1.54, 1.807) is 97.1 Å². The molecule has 0 spiro atoms. The summed E-state index contributed by atoms with van der Waals surface area (Å²) in [5.74, 6) is -4.19. The van der Waals surface area contributed by atoms with Crippen LogP contribution in [0.15, 0.2) is 194 Å².